The summed E-state index contributed by atoms with van der Waals surface area (Å²) < 4.78 is 2.97. The first-order valence-electron chi connectivity index (χ1n) is 11.4. The number of halogens is 1. The van der Waals surface area contributed by atoms with Gasteiger partial charge in [0, 0.05) is 60.3 Å². The number of hydrogen-bond donors (Lipinski definition) is 1. The molecule has 1 aliphatic rings. The van der Waals surface area contributed by atoms with E-state index < -0.39 is 0 Å². The molecule has 0 aliphatic carbocycles. The lowest BCUT2D eigenvalue weighted by Crippen LogP contribution is -2.45. The summed E-state index contributed by atoms with van der Waals surface area (Å²) >= 11 is 6.07. The Labute approximate surface area is 197 Å². The van der Waals surface area contributed by atoms with Crippen LogP contribution in [0.3, 0.4) is 0 Å². The smallest absolute Gasteiger partial charge is 0.333 e. The van der Waals surface area contributed by atoms with E-state index >= 15 is 0 Å². The highest BCUT2D eigenvalue weighted by molar-refractivity contribution is 6.31. The molecule has 3 heterocycles. The van der Waals surface area contributed by atoms with Crippen LogP contribution in [0.1, 0.15) is 56.7 Å². The van der Waals surface area contributed by atoms with Gasteiger partial charge in [-0.3, -0.25) is 18.7 Å². The number of hydrogen-bond acceptors (Lipinski definition) is 4. The van der Waals surface area contributed by atoms with Crippen LogP contribution in [0.5, 0.6) is 0 Å². The van der Waals surface area contributed by atoms with Crippen LogP contribution in [-0.4, -0.2) is 51.1 Å². The molecule has 33 heavy (non-hydrogen) atoms. The van der Waals surface area contributed by atoms with Crippen LogP contribution in [0.15, 0.2) is 39.9 Å². The third-order valence-electron chi connectivity index (χ3n) is 6.10. The van der Waals surface area contributed by atoms with Gasteiger partial charge in [0.1, 0.15) is 11.5 Å². The fourth-order valence-electron chi connectivity index (χ4n) is 4.50. The SMILES string of the molecule is CC(C)n1c(N2CCCN(C(=O)c3cc4cc(Cl)ccc4[nH]3)CC2)cc(=O)n(C(C)C)c1=O. The van der Waals surface area contributed by atoms with Crippen LogP contribution in [0.25, 0.3) is 10.9 Å². The number of benzene rings is 1. The fourth-order valence-corrected chi connectivity index (χ4v) is 4.68. The molecule has 1 N–H and O–H groups in total. The van der Waals surface area contributed by atoms with Gasteiger partial charge in [-0.05, 0) is 58.4 Å². The van der Waals surface area contributed by atoms with Crippen molar-refractivity contribution in [2.24, 2.45) is 0 Å². The van der Waals surface area contributed by atoms with Crippen molar-refractivity contribution in [2.75, 3.05) is 31.1 Å². The molecule has 0 radical (unpaired) electrons. The van der Waals surface area contributed by atoms with Crippen molar-refractivity contribution in [1.29, 1.82) is 0 Å². The molecule has 1 amide bonds. The van der Waals surface area contributed by atoms with Gasteiger partial charge in [-0.2, -0.15) is 0 Å². The maximum atomic E-state index is 13.2. The largest absolute Gasteiger partial charge is 0.356 e. The number of H-pyrrole nitrogens is 1. The van der Waals surface area contributed by atoms with Crippen molar-refractivity contribution in [2.45, 2.75) is 46.2 Å². The molecule has 2 aromatic heterocycles. The second kappa shape index (κ2) is 9.09. The molecular weight excluding hydrogens is 442 g/mol. The zero-order valence-corrected chi connectivity index (χ0v) is 20.2. The number of fused-ring (bicyclic) bond motifs is 1. The second-order valence-electron chi connectivity index (χ2n) is 9.10. The van der Waals surface area contributed by atoms with Crippen LogP contribution in [0.4, 0.5) is 5.82 Å². The minimum atomic E-state index is -0.296. The monoisotopic (exact) mass is 471 g/mol. The number of aromatic amines is 1. The van der Waals surface area contributed by atoms with Crippen LogP contribution in [-0.2, 0) is 0 Å². The highest BCUT2D eigenvalue weighted by Crippen LogP contribution is 2.22. The average Bonchev–Trinajstić information content (AvgIpc) is 3.00. The molecule has 176 valence electrons. The molecule has 1 aliphatic heterocycles. The van der Waals surface area contributed by atoms with Crippen molar-refractivity contribution in [3.8, 4) is 0 Å². The van der Waals surface area contributed by atoms with Gasteiger partial charge in [0.05, 0.1) is 0 Å². The third kappa shape index (κ3) is 4.44. The van der Waals surface area contributed by atoms with E-state index in [-0.39, 0.29) is 29.2 Å². The van der Waals surface area contributed by atoms with Crippen LogP contribution < -0.4 is 16.1 Å². The van der Waals surface area contributed by atoms with Crippen molar-refractivity contribution < 1.29 is 4.79 Å². The van der Waals surface area contributed by atoms with Gasteiger partial charge in [-0.1, -0.05) is 11.6 Å². The molecule has 1 aromatic carbocycles. The highest BCUT2D eigenvalue weighted by Gasteiger charge is 2.25. The molecular formula is C24H30ClN5O3. The predicted molar refractivity (Wildman–Crippen MR) is 132 cm³/mol. The molecule has 1 saturated heterocycles. The van der Waals surface area contributed by atoms with E-state index in [4.69, 9.17) is 11.6 Å². The van der Waals surface area contributed by atoms with E-state index in [9.17, 15) is 14.4 Å². The molecule has 4 rings (SSSR count). The minimum absolute atomic E-state index is 0.0688. The Bertz CT molecular complexity index is 1300. The van der Waals surface area contributed by atoms with E-state index in [0.29, 0.717) is 42.7 Å². The van der Waals surface area contributed by atoms with Crippen LogP contribution in [0.2, 0.25) is 5.02 Å². The lowest BCUT2D eigenvalue weighted by Gasteiger charge is -2.28. The summed E-state index contributed by atoms with van der Waals surface area (Å²) in [5, 5.41) is 1.52. The zero-order chi connectivity index (χ0) is 23.9. The van der Waals surface area contributed by atoms with E-state index in [0.717, 1.165) is 17.3 Å². The molecule has 0 unspecified atom stereocenters. The van der Waals surface area contributed by atoms with Crippen molar-refractivity contribution >= 4 is 34.2 Å². The summed E-state index contributed by atoms with van der Waals surface area (Å²) in [5.41, 5.74) is 0.803. The normalized spacial score (nSPS) is 15.0. The molecule has 8 nitrogen and oxygen atoms in total. The van der Waals surface area contributed by atoms with E-state index in [1.807, 2.05) is 55.7 Å². The Morgan fingerprint density at radius 3 is 2.36 bits per heavy atom. The van der Waals surface area contributed by atoms with Crippen molar-refractivity contribution in [3.05, 3.63) is 61.9 Å². The molecule has 3 aromatic rings. The lowest BCUT2D eigenvalue weighted by atomic mass is 10.2. The Balaban J connectivity index is 1.60. The Kier molecular flexibility index (Phi) is 6.38. The maximum absolute atomic E-state index is 13.2. The summed E-state index contributed by atoms with van der Waals surface area (Å²) in [4.78, 5) is 46.1. The number of carbonyl (C=O) groups is 1. The summed E-state index contributed by atoms with van der Waals surface area (Å²) in [6.07, 6.45) is 0.733. The topological polar surface area (TPSA) is 83.3 Å². The average molecular weight is 472 g/mol. The number of aromatic nitrogens is 3. The molecule has 0 spiro atoms. The van der Waals surface area contributed by atoms with Gasteiger partial charge in [-0.15, -0.1) is 0 Å². The van der Waals surface area contributed by atoms with Crippen LogP contribution >= 0.6 is 11.6 Å². The molecule has 0 saturated carbocycles. The number of carbonyl (C=O) groups excluding carboxylic acids is 1. The van der Waals surface area contributed by atoms with E-state index in [1.54, 1.807) is 16.7 Å². The summed E-state index contributed by atoms with van der Waals surface area (Å²) in [6.45, 7) is 9.83. The Morgan fingerprint density at radius 1 is 0.939 bits per heavy atom. The van der Waals surface area contributed by atoms with Crippen LogP contribution in [0, 0.1) is 0 Å². The molecule has 1 fully saturated rings. The standard InChI is InChI=1S/C24H30ClN5O3/c1-15(2)29-21(14-22(31)30(16(3)4)24(29)33)27-8-5-9-28(11-10-27)23(32)20-13-17-12-18(25)6-7-19(17)26-20/h6-7,12-16,26H,5,8-11H2,1-4H3. The van der Waals surface area contributed by atoms with Crippen molar-refractivity contribution in [3.63, 3.8) is 0 Å². The minimum Gasteiger partial charge on any atom is -0.356 e. The first kappa shape index (κ1) is 23.2. The predicted octanol–water partition coefficient (Wildman–Crippen LogP) is 3.66. The maximum Gasteiger partial charge on any atom is 0.333 e. The van der Waals surface area contributed by atoms with Gasteiger partial charge in [0.25, 0.3) is 11.5 Å². The second-order valence-corrected chi connectivity index (χ2v) is 9.53. The Morgan fingerprint density at radius 2 is 1.67 bits per heavy atom. The highest BCUT2D eigenvalue weighted by atomic mass is 35.5. The molecule has 9 heteroatoms. The van der Waals surface area contributed by atoms with Gasteiger partial charge in [0.15, 0.2) is 0 Å². The first-order chi connectivity index (χ1) is 15.7. The third-order valence-corrected chi connectivity index (χ3v) is 6.34. The zero-order valence-electron chi connectivity index (χ0n) is 19.5. The number of anilines is 1. The lowest BCUT2D eigenvalue weighted by molar-refractivity contribution is 0.0762. The fraction of sp³-hybridized carbons (Fsp3) is 0.458. The quantitative estimate of drug-likeness (QED) is 0.629. The summed E-state index contributed by atoms with van der Waals surface area (Å²) in [7, 11) is 0. The van der Waals surface area contributed by atoms with Gasteiger partial charge in [-0.25, -0.2) is 4.79 Å². The van der Waals surface area contributed by atoms with E-state index in [2.05, 4.69) is 4.98 Å². The number of nitrogens with one attached hydrogen (secondary N) is 1. The van der Waals surface area contributed by atoms with Crippen molar-refractivity contribution in [1.82, 2.24) is 19.0 Å². The summed E-state index contributed by atoms with van der Waals surface area (Å²) in [5.74, 6) is 0.548. The first-order valence-corrected chi connectivity index (χ1v) is 11.8. The van der Waals surface area contributed by atoms with Gasteiger partial charge >= 0.3 is 5.69 Å². The molecule has 0 bridgehead atoms. The Hall–Kier alpha value is -3.00. The number of nitrogens with zero attached hydrogens (tertiary/aromatic N) is 4. The number of amides is 1. The number of rotatable bonds is 4. The molecule has 0 atom stereocenters. The summed E-state index contributed by atoms with van der Waals surface area (Å²) in [6, 6.07) is 8.56. The van der Waals surface area contributed by atoms with E-state index in [1.165, 1.54) is 4.57 Å². The van der Waals surface area contributed by atoms with Gasteiger partial charge in [0.2, 0.25) is 0 Å². The van der Waals surface area contributed by atoms with Gasteiger partial charge < -0.3 is 14.8 Å².